The molecule has 3 aromatic rings. The average molecular weight is 479 g/mol. The van der Waals surface area contributed by atoms with Gasteiger partial charge in [-0.2, -0.15) is 9.61 Å². The minimum atomic E-state index is -0.00114. The van der Waals surface area contributed by atoms with Gasteiger partial charge >= 0.3 is 0 Å². The monoisotopic (exact) mass is 478 g/mol. The number of fused-ring (bicyclic) bond motifs is 1. The van der Waals surface area contributed by atoms with Gasteiger partial charge in [0.15, 0.2) is 5.65 Å². The number of anilines is 2. The van der Waals surface area contributed by atoms with Crippen molar-refractivity contribution in [2.75, 3.05) is 50.7 Å². The van der Waals surface area contributed by atoms with Gasteiger partial charge in [0.2, 0.25) is 0 Å². The van der Waals surface area contributed by atoms with Crippen LogP contribution >= 0.6 is 0 Å². The van der Waals surface area contributed by atoms with E-state index in [9.17, 15) is 4.79 Å². The van der Waals surface area contributed by atoms with Crippen molar-refractivity contribution in [3.05, 3.63) is 41.6 Å². The van der Waals surface area contributed by atoms with Gasteiger partial charge < -0.3 is 25.4 Å². The van der Waals surface area contributed by atoms with Crippen LogP contribution in [0.1, 0.15) is 41.6 Å². The Hall–Kier alpha value is -3.17. The van der Waals surface area contributed by atoms with Crippen LogP contribution in [0.2, 0.25) is 0 Å². The Kier molecular flexibility index (Phi) is 7.15. The fourth-order valence-corrected chi connectivity index (χ4v) is 4.44. The third-order valence-corrected chi connectivity index (χ3v) is 6.69. The minimum Gasteiger partial charge on any atom is -0.383 e. The van der Waals surface area contributed by atoms with Crippen LogP contribution in [-0.4, -0.2) is 66.6 Å². The first-order chi connectivity index (χ1) is 17.1. The highest BCUT2D eigenvalue weighted by atomic mass is 16.5. The van der Waals surface area contributed by atoms with E-state index in [2.05, 4.69) is 21.0 Å². The first kappa shape index (κ1) is 23.6. The molecule has 1 aliphatic heterocycles. The van der Waals surface area contributed by atoms with E-state index in [1.165, 1.54) is 0 Å². The lowest BCUT2D eigenvalue weighted by Gasteiger charge is -2.23. The van der Waals surface area contributed by atoms with Crippen LogP contribution < -0.4 is 16.0 Å². The summed E-state index contributed by atoms with van der Waals surface area (Å²) < 4.78 is 12.6. The van der Waals surface area contributed by atoms with Gasteiger partial charge in [0, 0.05) is 56.6 Å². The number of nitrogens with zero attached hydrogens (tertiary/aromatic N) is 3. The second kappa shape index (κ2) is 10.6. The second-order valence-electron chi connectivity index (χ2n) is 9.45. The van der Waals surface area contributed by atoms with E-state index in [0.29, 0.717) is 30.7 Å². The van der Waals surface area contributed by atoms with Crippen LogP contribution in [0.15, 0.2) is 30.5 Å². The van der Waals surface area contributed by atoms with Crippen LogP contribution in [0, 0.1) is 12.8 Å². The van der Waals surface area contributed by atoms with Crippen molar-refractivity contribution in [3.8, 4) is 11.1 Å². The molecular weight excluding hydrogens is 444 g/mol. The Morgan fingerprint density at radius 1 is 1.17 bits per heavy atom. The number of carbonyl (C=O) groups is 1. The zero-order chi connectivity index (χ0) is 24.2. The summed E-state index contributed by atoms with van der Waals surface area (Å²) in [5.74, 6) is 2.23. The van der Waals surface area contributed by atoms with Crippen LogP contribution in [0.5, 0.6) is 0 Å². The van der Waals surface area contributed by atoms with E-state index >= 15 is 0 Å². The van der Waals surface area contributed by atoms with Gasteiger partial charge in [0.1, 0.15) is 11.6 Å². The first-order valence-electron chi connectivity index (χ1n) is 12.5. The number of aromatic nitrogens is 3. The highest BCUT2D eigenvalue weighted by molar-refractivity contribution is 5.97. The van der Waals surface area contributed by atoms with Crippen molar-refractivity contribution in [2.24, 2.45) is 5.92 Å². The van der Waals surface area contributed by atoms with E-state index in [1.54, 1.807) is 7.11 Å². The van der Waals surface area contributed by atoms with Crippen molar-refractivity contribution in [1.82, 2.24) is 19.9 Å². The Labute approximate surface area is 205 Å². The third-order valence-electron chi connectivity index (χ3n) is 6.69. The molecule has 9 nitrogen and oxygen atoms in total. The molecular formula is C26H34N6O3. The van der Waals surface area contributed by atoms with Crippen molar-refractivity contribution in [3.63, 3.8) is 0 Å². The number of carbonyl (C=O) groups excluding carboxylic acids is 1. The summed E-state index contributed by atoms with van der Waals surface area (Å²) in [5.41, 5.74) is 4.32. The molecule has 0 unspecified atom stereocenters. The third kappa shape index (κ3) is 5.57. The molecule has 5 rings (SSSR count). The van der Waals surface area contributed by atoms with Gasteiger partial charge in [-0.15, -0.1) is 0 Å². The molecule has 1 amide bonds. The summed E-state index contributed by atoms with van der Waals surface area (Å²) in [5, 5.41) is 14.7. The van der Waals surface area contributed by atoms with Gasteiger partial charge in [-0.05, 0) is 55.7 Å². The predicted molar refractivity (Wildman–Crippen MR) is 136 cm³/mol. The standard InChI is InChI=1S/C26H34N6O3/c1-17-13-19(3-6-21(17)26(33)30-20-4-5-20)22-16-29-32-24(28-15-18-7-10-35-11-8-18)14-23(31-25(22)32)27-9-12-34-2/h3,6,13-14,16,18,20,28H,4-5,7-12,15H2,1-2H3,(H,27,31)(H,30,33). The topological polar surface area (TPSA) is 102 Å². The molecule has 2 aromatic heterocycles. The lowest BCUT2D eigenvalue weighted by Crippen LogP contribution is -2.26. The zero-order valence-electron chi connectivity index (χ0n) is 20.5. The predicted octanol–water partition coefficient (Wildman–Crippen LogP) is 3.49. The first-order valence-corrected chi connectivity index (χ1v) is 12.5. The molecule has 0 atom stereocenters. The minimum absolute atomic E-state index is 0.00114. The molecule has 2 aliphatic rings. The molecule has 0 bridgehead atoms. The number of hydrogen-bond donors (Lipinski definition) is 3. The quantitative estimate of drug-likeness (QED) is 0.383. The SMILES string of the molecule is COCCNc1cc(NCC2CCOCC2)n2ncc(-c3ccc(C(=O)NC4CC4)c(C)c3)c2n1. The Bertz CT molecular complexity index is 1180. The molecule has 0 radical (unpaired) electrons. The number of ether oxygens (including phenoxy) is 2. The van der Waals surface area contributed by atoms with Gasteiger partial charge in [-0.3, -0.25) is 4.79 Å². The highest BCUT2D eigenvalue weighted by Crippen LogP contribution is 2.29. The van der Waals surface area contributed by atoms with Gasteiger partial charge in [-0.1, -0.05) is 12.1 Å². The van der Waals surface area contributed by atoms with Crippen LogP contribution in [0.3, 0.4) is 0 Å². The fraction of sp³-hybridized carbons (Fsp3) is 0.500. The summed E-state index contributed by atoms with van der Waals surface area (Å²) in [6.07, 6.45) is 6.11. The summed E-state index contributed by atoms with van der Waals surface area (Å²) >= 11 is 0. The lowest BCUT2D eigenvalue weighted by atomic mass is 10.0. The summed E-state index contributed by atoms with van der Waals surface area (Å²) in [6, 6.07) is 8.25. The fourth-order valence-electron chi connectivity index (χ4n) is 4.44. The van der Waals surface area contributed by atoms with Crippen LogP contribution in [-0.2, 0) is 9.47 Å². The van der Waals surface area contributed by atoms with Crippen LogP contribution in [0.25, 0.3) is 16.8 Å². The largest absolute Gasteiger partial charge is 0.383 e. The molecule has 3 N–H and O–H groups in total. The van der Waals surface area contributed by atoms with Crippen LogP contribution in [0.4, 0.5) is 11.6 Å². The maximum Gasteiger partial charge on any atom is 0.251 e. The van der Waals surface area contributed by atoms with Gasteiger partial charge in [0.25, 0.3) is 5.91 Å². The summed E-state index contributed by atoms with van der Waals surface area (Å²) in [6.45, 7) is 5.73. The molecule has 1 aromatic carbocycles. The number of amides is 1. The van der Waals surface area contributed by atoms with Gasteiger partial charge in [0.05, 0.1) is 12.8 Å². The van der Waals surface area contributed by atoms with E-state index in [-0.39, 0.29) is 5.91 Å². The maximum absolute atomic E-state index is 12.6. The number of hydrogen-bond acceptors (Lipinski definition) is 7. The number of benzene rings is 1. The molecule has 1 saturated carbocycles. The van der Waals surface area contributed by atoms with Crippen molar-refractivity contribution in [1.29, 1.82) is 0 Å². The van der Waals surface area contributed by atoms with Crippen molar-refractivity contribution >= 4 is 23.2 Å². The Morgan fingerprint density at radius 3 is 2.74 bits per heavy atom. The lowest BCUT2D eigenvalue weighted by molar-refractivity contribution is 0.0699. The number of methoxy groups -OCH3 is 1. The summed E-state index contributed by atoms with van der Waals surface area (Å²) in [4.78, 5) is 17.4. The van der Waals surface area contributed by atoms with E-state index in [0.717, 1.165) is 79.4 Å². The molecule has 1 aliphatic carbocycles. The van der Waals surface area contributed by atoms with E-state index in [1.807, 2.05) is 41.9 Å². The maximum atomic E-state index is 12.6. The van der Waals surface area contributed by atoms with E-state index in [4.69, 9.17) is 14.5 Å². The summed E-state index contributed by atoms with van der Waals surface area (Å²) in [7, 11) is 1.69. The molecule has 35 heavy (non-hydrogen) atoms. The smallest absolute Gasteiger partial charge is 0.251 e. The highest BCUT2D eigenvalue weighted by Gasteiger charge is 2.24. The normalized spacial score (nSPS) is 16.4. The molecule has 1 saturated heterocycles. The zero-order valence-corrected chi connectivity index (χ0v) is 20.5. The Balaban J connectivity index is 1.44. The number of nitrogens with one attached hydrogen (secondary N) is 3. The molecule has 2 fully saturated rings. The van der Waals surface area contributed by atoms with Crippen molar-refractivity contribution < 1.29 is 14.3 Å². The number of rotatable bonds is 10. The molecule has 0 spiro atoms. The molecule has 9 heteroatoms. The average Bonchev–Trinajstić information content (AvgIpc) is 3.58. The molecule has 3 heterocycles. The number of aryl methyl sites for hydroxylation is 1. The second-order valence-corrected chi connectivity index (χ2v) is 9.45. The molecule has 186 valence electrons. The van der Waals surface area contributed by atoms with Gasteiger partial charge in [-0.25, -0.2) is 4.98 Å². The van der Waals surface area contributed by atoms with Crippen molar-refractivity contribution in [2.45, 2.75) is 38.6 Å². The van der Waals surface area contributed by atoms with E-state index < -0.39 is 0 Å². The Morgan fingerprint density at radius 2 is 2.00 bits per heavy atom.